The average Bonchev–Trinajstić information content (AvgIpc) is 3.02. The quantitative estimate of drug-likeness (QED) is 0.853. The van der Waals surface area contributed by atoms with Crippen molar-refractivity contribution in [1.82, 2.24) is 4.90 Å². The second kappa shape index (κ2) is 5.22. The topological polar surface area (TPSA) is 50.8 Å². The van der Waals surface area contributed by atoms with Crippen LogP contribution in [0.25, 0.3) is 0 Å². The number of amides is 1. The molecule has 3 unspecified atom stereocenters. The number of fused-ring (bicyclic) bond motifs is 2. The number of hydrogen-bond acceptors (Lipinski definition) is 4. The first-order valence-corrected chi connectivity index (χ1v) is 7.74. The van der Waals surface area contributed by atoms with Crippen LogP contribution in [0.4, 0.5) is 5.69 Å². The highest BCUT2D eigenvalue weighted by molar-refractivity contribution is 5.83. The first-order valence-electron chi connectivity index (χ1n) is 7.74. The molecule has 1 saturated carbocycles. The third-order valence-electron chi connectivity index (χ3n) is 4.67. The predicted molar refractivity (Wildman–Crippen MR) is 78.4 cm³/mol. The van der Waals surface area contributed by atoms with Crippen LogP contribution >= 0.6 is 0 Å². The molecule has 0 radical (unpaired) electrons. The number of morpholine rings is 1. The van der Waals surface area contributed by atoms with Gasteiger partial charge in [0.05, 0.1) is 31.0 Å². The number of anilines is 1. The van der Waals surface area contributed by atoms with Crippen LogP contribution in [0.15, 0.2) is 24.3 Å². The van der Waals surface area contributed by atoms with E-state index in [1.807, 2.05) is 29.2 Å². The summed E-state index contributed by atoms with van der Waals surface area (Å²) in [6.07, 6.45) is 3.06. The summed E-state index contributed by atoms with van der Waals surface area (Å²) in [5.41, 5.74) is 0.960. The summed E-state index contributed by atoms with van der Waals surface area (Å²) in [6, 6.07) is 8.00. The van der Waals surface area contributed by atoms with Crippen molar-refractivity contribution < 1.29 is 14.3 Å². The molecule has 1 aliphatic carbocycles. The monoisotopic (exact) mass is 288 g/mol. The van der Waals surface area contributed by atoms with Crippen LogP contribution in [-0.4, -0.2) is 48.8 Å². The second-order valence-electron chi connectivity index (χ2n) is 5.92. The number of carbonyl (C=O) groups is 1. The highest BCUT2D eigenvalue weighted by atomic mass is 16.5. The Balaban J connectivity index is 1.50. The molecule has 1 aromatic carbocycles. The predicted octanol–water partition coefficient (Wildman–Crippen LogP) is 1.64. The number of nitrogens with one attached hydrogen (secondary N) is 1. The minimum atomic E-state index is -0.431. The van der Waals surface area contributed by atoms with Crippen LogP contribution in [0.2, 0.25) is 0 Å². The lowest BCUT2D eigenvalue weighted by molar-refractivity contribution is -0.151. The normalized spacial score (nSPS) is 30.9. The Morgan fingerprint density at radius 3 is 3.14 bits per heavy atom. The van der Waals surface area contributed by atoms with Gasteiger partial charge < -0.3 is 19.7 Å². The van der Waals surface area contributed by atoms with E-state index in [0.717, 1.165) is 30.7 Å². The number of para-hydroxylation sites is 2. The van der Waals surface area contributed by atoms with Crippen molar-refractivity contribution in [3.05, 3.63) is 24.3 Å². The molecule has 2 aliphatic heterocycles. The molecule has 21 heavy (non-hydrogen) atoms. The summed E-state index contributed by atoms with van der Waals surface area (Å²) in [5.74, 6) is 0.857. The number of rotatable bonds is 1. The SMILES string of the molecule is O=C(C1CNc2ccccc2O1)N1CCOC2CCCC21. The van der Waals surface area contributed by atoms with Gasteiger partial charge in [0.25, 0.3) is 5.91 Å². The number of benzene rings is 1. The maximum Gasteiger partial charge on any atom is 0.265 e. The van der Waals surface area contributed by atoms with Crippen LogP contribution in [0.5, 0.6) is 5.75 Å². The van der Waals surface area contributed by atoms with Gasteiger partial charge in [-0.25, -0.2) is 0 Å². The Bertz CT molecular complexity index is 548. The third kappa shape index (κ3) is 2.25. The number of ether oxygens (including phenoxy) is 2. The number of nitrogens with zero attached hydrogens (tertiary/aromatic N) is 1. The molecule has 4 rings (SSSR count). The van der Waals surface area contributed by atoms with Crippen molar-refractivity contribution in [2.75, 3.05) is 25.0 Å². The van der Waals surface area contributed by atoms with Gasteiger partial charge in [-0.1, -0.05) is 12.1 Å². The van der Waals surface area contributed by atoms with E-state index in [0.29, 0.717) is 19.7 Å². The van der Waals surface area contributed by atoms with E-state index in [-0.39, 0.29) is 18.1 Å². The van der Waals surface area contributed by atoms with Gasteiger partial charge in [0, 0.05) is 6.54 Å². The van der Waals surface area contributed by atoms with Gasteiger partial charge in [-0.2, -0.15) is 0 Å². The first-order chi connectivity index (χ1) is 10.3. The van der Waals surface area contributed by atoms with Gasteiger partial charge in [-0.3, -0.25) is 4.79 Å². The molecular formula is C16H20N2O3. The molecule has 2 heterocycles. The van der Waals surface area contributed by atoms with E-state index < -0.39 is 6.10 Å². The van der Waals surface area contributed by atoms with Gasteiger partial charge in [0.1, 0.15) is 5.75 Å². The summed E-state index contributed by atoms with van der Waals surface area (Å²) in [6.45, 7) is 1.86. The molecule has 3 atom stereocenters. The largest absolute Gasteiger partial charge is 0.477 e. The molecule has 112 valence electrons. The van der Waals surface area contributed by atoms with Crippen molar-refractivity contribution in [2.45, 2.75) is 37.5 Å². The first kappa shape index (κ1) is 13.0. The van der Waals surface area contributed by atoms with Crippen LogP contribution in [0.1, 0.15) is 19.3 Å². The Morgan fingerprint density at radius 1 is 1.29 bits per heavy atom. The Labute approximate surface area is 124 Å². The third-order valence-corrected chi connectivity index (χ3v) is 4.67. The van der Waals surface area contributed by atoms with Crippen LogP contribution in [0.3, 0.4) is 0 Å². The van der Waals surface area contributed by atoms with Gasteiger partial charge in [-0.15, -0.1) is 0 Å². The Hall–Kier alpha value is -1.75. The van der Waals surface area contributed by atoms with Gasteiger partial charge in [0.2, 0.25) is 0 Å². The lowest BCUT2D eigenvalue weighted by Crippen LogP contribution is -2.56. The molecule has 5 nitrogen and oxygen atoms in total. The fourth-order valence-corrected chi connectivity index (χ4v) is 3.63. The average molecular weight is 288 g/mol. The lowest BCUT2D eigenvalue weighted by Gasteiger charge is -2.40. The van der Waals surface area contributed by atoms with Crippen molar-refractivity contribution in [3.63, 3.8) is 0 Å². The zero-order valence-electron chi connectivity index (χ0n) is 12.0. The van der Waals surface area contributed by atoms with Crippen LogP contribution < -0.4 is 10.1 Å². The van der Waals surface area contributed by atoms with E-state index in [4.69, 9.17) is 9.47 Å². The zero-order valence-corrected chi connectivity index (χ0v) is 12.0. The van der Waals surface area contributed by atoms with Crippen molar-refractivity contribution in [3.8, 4) is 5.75 Å². The molecule has 1 aromatic rings. The van der Waals surface area contributed by atoms with E-state index in [9.17, 15) is 4.79 Å². The molecule has 0 spiro atoms. The molecule has 5 heteroatoms. The molecule has 0 bridgehead atoms. The summed E-state index contributed by atoms with van der Waals surface area (Å²) in [7, 11) is 0. The van der Waals surface area contributed by atoms with Crippen LogP contribution in [-0.2, 0) is 9.53 Å². The number of carbonyl (C=O) groups excluding carboxylic acids is 1. The Morgan fingerprint density at radius 2 is 2.19 bits per heavy atom. The van der Waals surface area contributed by atoms with E-state index in [1.165, 1.54) is 0 Å². The smallest absolute Gasteiger partial charge is 0.265 e. The van der Waals surface area contributed by atoms with Gasteiger partial charge in [-0.05, 0) is 31.4 Å². The van der Waals surface area contributed by atoms with Crippen molar-refractivity contribution in [1.29, 1.82) is 0 Å². The van der Waals surface area contributed by atoms with Gasteiger partial charge in [0.15, 0.2) is 6.10 Å². The highest BCUT2D eigenvalue weighted by Gasteiger charge is 2.41. The fraction of sp³-hybridized carbons (Fsp3) is 0.562. The lowest BCUT2D eigenvalue weighted by atomic mass is 10.1. The molecule has 0 aromatic heterocycles. The highest BCUT2D eigenvalue weighted by Crippen LogP contribution is 2.32. The van der Waals surface area contributed by atoms with E-state index in [2.05, 4.69) is 5.32 Å². The molecule has 1 saturated heterocycles. The van der Waals surface area contributed by atoms with Gasteiger partial charge >= 0.3 is 0 Å². The molecular weight excluding hydrogens is 268 g/mol. The minimum Gasteiger partial charge on any atom is -0.477 e. The molecule has 3 aliphatic rings. The fourth-order valence-electron chi connectivity index (χ4n) is 3.63. The summed E-state index contributed by atoms with van der Waals surface area (Å²) in [4.78, 5) is 14.8. The minimum absolute atomic E-state index is 0.0946. The standard InChI is InChI=1S/C16H20N2O3/c19-16(18-8-9-20-14-7-3-5-12(14)18)15-10-17-11-4-1-2-6-13(11)21-15/h1-2,4,6,12,14-15,17H,3,5,7-10H2. The Kier molecular flexibility index (Phi) is 3.22. The van der Waals surface area contributed by atoms with Crippen molar-refractivity contribution in [2.24, 2.45) is 0 Å². The van der Waals surface area contributed by atoms with Crippen molar-refractivity contribution >= 4 is 11.6 Å². The zero-order chi connectivity index (χ0) is 14.2. The molecule has 2 fully saturated rings. The second-order valence-corrected chi connectivity index (χ2v) is 5.92. The van der Waals surface area contributed by atoms with E-state index >= 15 is 0 Å². The molecule has 1 amide bonds. The van der Waals surface area contributed by atoms with E-state index in [1.54, 1.807) is 0 Å². The number of hydrogen-bond donors (Lipinski definition) is 1. The maximum absolute atomic E-state index is 12.8. The summed E-state index contributed by atoms with van der Waals surface area (Å²) >= 11 is 0. The molecule has 1 N–H and O–H groups in total. The maximum atomic E-state index is 12.8. The summed E-state index contributed by atoms with van der Waals surface area (Å²) in [5, 5.41) is 3.29. The summed E-state index contributed by atoms with van der Waals surface area (Å²) < 4.78 is 11.7. The van der Waals surface area contributed by atoms with Crippen LogP contribution in [0, 0.1) is 0 Å².